The van der Waals surface area contributed by atoms with Gasteiger partial charge in [-0.2, -0.15) is 0 Å². The Morgan fingerprint density at radius 2 is 1.93 bits per heavy atom. The molecule has 0 aromatic heterocycles. The van der Waals surface area contributed by atoms with Gasteiger partial charge in [-0.1, -0.05) is 30.7 Å². The summed E-state index contributed by atoms with van der Waals surface area (Å²) in [7, 11) is -3.95. The van der Waals surface area contributed by atoms with Crippen LogP contribution in [0.15, 0.2) is 58.0 Å². The van der Waals surface area contributed by atoms with Crippen molar-refractivity contribution in [3.63, 3.8) is 0 Å². The lowest BCUT2D eigenvalue weighted by molar-refractivity contribution is -0.112. The van der Waals surface area contributed by atoms with Gasteiger partial charge in [0, 0.05) is 23.0 Å². The van der Waals surface area contributed by atoms with Gasteiger partial charge >= 0.3 is 0 Å². The number of halogens is 1. The Morgan fingerprint density at radius 3 is 2.63 bits per heavy atom. The zero-order valence-electron chi connectivity index (χ0n) is 14.8. The summed E-state index contributed by atoms with van der Waals surface area (Å²) in [6, 6.07) is 12.2. The van der Waals surface area contributed by atoms with Crippen LogP contribution in [0.4, 0.5) is 11.4 Å². The Morgan fingerprint density at radius 1 is 1.19 bits per heavy atom. The number of amides is 1. The van der Waals surface area contributed by atoms with Crippen LogP contribution in [0.25, 0.3) is 0 Å². The highest BCUT2D eigenvalue weighted by molar-refractivity contribution is 7.96. The molecule has 140 valence electrons. The largest absolute Gasteiger partial charge is 0.343 e. The third kappa shape index (κ3) is 3.03. The molecule has 5 nitrogen and oxygen atoms in total. The van der Waals surface area contributed by atoms with Crippen LogP contribution in [0.3, 0.4) is 0 Å². The molecule has 4 rings (SSSR count). The molecule has 2 heterocycles. The summed E-state index contributed by atoms with van der Waals surface area (Å²) >= 11 is 6.03. The average molecular weight is 403 g/mol. The number of fused-ring (bicyclic) bond motifs is 3. The van der Waals surface area contributed by atoms with E-state index in [1.54, 1.807) is 24.3 Å². The number of hydrogen-bond donors (Lipinski definition) is 1. The topological polar surface area (TPSA) is 66.5 Å². The van der Waals surface area contributed by atoms with Crippen molar-refractivity contribution < 1.29 is 13.2 Å². The van der Waals surface area contributed by atoms with Gasteiger partial charge in [0.25, 0.3) is 5.91 Å². The van der Waals surface area contributed by atoms with Gasteiger partial charge in [0.15, 0.2) is 4.91 Å². The molecule has 2 aromatic carbocycles. The Hall–Kier alpha value is -2.31. The van der Waals surface area contributed by atoms with Crippen molar-refractivity contribution in [3.8, 4) is 0 Å². The molecule has 0 atom stereocenters. The molecule has 0 radical (unpaired) electrons. The minimum absolute atomic E-state index is 0.0899. The molecule has 0 aliphatic carbocycles. The minimum Gasteiger partial charge on any atom is -0.343 e. The van der Waals surface area contributed by atoms with Gasteiger partial charge in [-0.05, 0) is 55.2 Å². The van der Waals surface area contributed by atoms with Crippen LogP contribution in [0, 0.1) is 0 Å². The average Bonchev–Trinajstić information content (AvgIpc) is 3.11. The zero-order valence-corrected chi connectivity index (χ0v) is 16.4. The summed E-state index contributed by atoms with van der Waals surface area (Å²) in [6.45, 7) is 2.73. The molecule has 0 bridgehead atoms. The number of allylic oxidation sites excluding steroid dienone is 1. The number of benzene rings is 2. The maximum Gasteiger partial charge on any atom is 0.269 e. The summed E-state index contributed by atoms with van der Waals surface area (Å²) in [6.07, 6.45) is 2.25. The van der Waals surface area contributed by atoms with Gasteiger partial charge < -0.3 is 10.2 Å². The second-order valence-corrected chi connectivity index (χ2v) is 8.94. The second kappa shape index (κ2) is 6.69. The number of sulfone groups is 1. The third-order valence-electron chi connectivity index (χ3n) is 4.98. The fourth-order valence-corrected chi connectivity index (χ4v) is 5.64. The normalized spacial score (nSPS) is 17.5. The van der Waals surface area contributed by atoms with E-state index < -0.39 is 15.7 Å². The minimum atomic E-state index is -3.95. The van der Waals surface area contributed by atoms with Crippen LogP contribution in [0.1, 0.15) is 25.3 Å². The van der Waals surface area contributed by atoms with Crippen molar-refractivity contribution in [3.05, 3.63) is 63.7 Å². The predicted octanol–water partition coefficient (Wildman–Crippen LogP) is 4.14. The van der Waals surface area contributed by atoms with Gasteiger partial charge in [0.05, 0.1) is 10.6 Å². The lowest BCUT2D eigenvalue weighted by Gasteiger charge is -2.30. The van der Waals surface area contributed by atoms with Crippen LogP contribution in [0.5, 0.6) is 0 Å². The third-order valence-corrected chi connectivity index (χ3v) is 7.08. The second-order valence-electron chi connectivity index (χ2n) is 6.65. The molecule has 1 fully saturated rings. The molecule has 0 unspecified atom stereocenters. The van der Waals surface area contributed by atoms with Crippen molar-refractivity contribution in [2.24, 2.45) is 0 Å². The van der Waals surface area contributed by atoms with E-state index >= 15 is 0 Å². The number of anilines is 2. The molecule has 1 saturated heterocycles. The number of rotatable bonds is 3. The molecule has 2 aliphatic heterocycles. The summed E-state index contributed by atoms with van der Waals surface area (Å²) in [5.74, 6) is -0.605. The summed E-state index contributed by atoms with van der Waals surface area (Å²) in [5, 5.41) is 3.07. The highest BCUT2D eigenvalue weighted by atomic mass is 35.5. The highest BCUT2D eigenvalue weighted by Gasteiger charge is 2.41. The van der Waals surface area contributed by atoms with E-state index in [2.05, 4.69) is 5.32 Å². The lowest BCUT2D eigenvalue weighted by atomic mass is 10.1. The number of nitrogens with one attached hydrogen (secondary N) is 1. The molecular weight excluding hydrogens is 384 g/mol. The Kier molecular flexibility index (Phi) is 4.48. The van der Waals surface area contributed by atoms with Crippen molar-refractivity contribution in [1.82, 2.24) is 0 Å². The molecule has 2 aliphatic rings. The first kappa shape index (κ1) is 18.1. The van der Waals surface area contributed by atoms with Gasteiger partial charge in [-0.3, -0.25) is 4.79 Å². The molecule has 27 heavy (non-hydrogen) atoms. The molecule has 1 amide bonds. The van der Waals surface area contributed by atoms with Crippen LogP contribution < -0.4 is 10.2 Å². The fourth-order valence-electron chi connectivity index (χ4n) is 3.63. The number of aryl methyl sites for hydroxylation is 1. The number of hydrogen-bond acceptors (Lipinski definition) is 4. The van der Waals surface area contributed by atoms with Gasteiger partial charge in [0.2, 0.25) is 9.84 Å². The van der Waals surface area contributed by atoms with E-state index in [0.29, 0.717) is 35.1 Å². The summed E-state index contributed by atoms with van der Waals surface area (Å²) < 4.78 is 26.5. The summed E-state index contributed by atoms with van der Waals surface area (Å²) in [5.41, 5.74) is 2.87. The van der Waals surface area contributed by atoms with E-state index in [9.17, 15) is 13.2 Å². The Bertz CT molecular complexity index is 1060. The van der Waals surface area contributed by atoms with Gasteiger partial charge in [0.1, 0.15) is 0 Å². The lowest BCUT2D eigenvalue weighted by Crippen LogP contribution is -2.32. The van der Waals surface area contributed by atoms with Gasteiger partial charge in [-0.25, -0.2) is 8.42 Å². The van der Waals surface area contributed by atoms with Crippen LogP contribution >= 0.6 is 11.6 Å². The molecule has 1 N–H and O–H groups in total. The summed E-state index contributed by atoms with van der Waals surface area (Å²) in [4.78, 5) is 14.8. The first-order valence-electron chi connectivity index (χ1n) is 8.87. The molecule has 0 spiro atoms. The monoisotopic (exact) mass is 402 g/mol. The van der Waals surface area contributed by atoms with Crippen molar-refractivity contribution >= 4 is 38.7 Å². The Balaban J connectivity index is 1.77. The number of nitrogens with zero attached hydrogens (tertiary/aromatic N) is 1. The number of carbonyl (C=O) groups excluding carboxylic acids is 1. The van der Waals surface area contributed by atoms with E-state index in [0.717, 1.165) is 18.4 Å². The maximum atomic E-state index is 13.2. The first-order valence-corrected chi connectivity index (χ1v) is 10.7. The maximum absolute atomic E-state index is 13.2. The molecule has 7 heteroatoms. The van der Waals surface area contributed by atoms with E-state index in [1.165, 1.54) is 6.07 Å². The van der Waals surface area contributed by atoms with E-state index in [-0.39, 0.29) is 9.80 Å². The highest BCUT2D eigenvalue weighted by Crippen LogP contribution is 2.44. The smallest absolute Gasteiger partial charge is 0.269 e. The Labute approximate surface area is 163 Å². The van der Waals surface area contributed by atoms with Crippen molar-refractivity contribution in [2.75, 3.05) is 16.8 Å². The molecule has 2 aromatic rings. The van der Waals surface area contributed by atoms with E-state index in [4.69, 9.17) is 11.6 Å². The molecule has 0 saturated carbocycles. The predicted molar refractivity (Wildman–Crippen MR) is 107 cm³/mol. The van der Waals surface area contributed by atoms with Crippen LogP contribution in [-0.2, 0) is 21.1 Å². The first-order chi connectivity index (χ1) is 12.9. The molecular formula is C20H19ClN2O3S. The van der Waals surface area contributed by atoms with Crippen LogP contribution in [-0.4, -0.2) is 20.9 Å². The fraction of sp³-hybridized carbons (Fsp3) is 0.250. The van der Waals surface area contributed by atoms with Crippen molar-refractivity contribution in [2.45, 2.75) is 31.1 Å². The SMILES string of the molecule is CCc1ccc(NC(=O)C2=C3CCCN3c3ccc(Cl)cc3S2(=O)=O)cc1. The number of carbonyl (C=O) groups is 1. The van der Waals surface area contributed by atoms with Crippen LogP contribution in [0.2, 0.25) is 5.02 Å². The van der Waals surface area contributed by atoms with Crippen molar-refractivity contribution in [1.29, 1.82) is 0 Å². The van der Waals surface area contributed by atoms with Gasteiger partial charge in [-0.15, -0.1) is 0 Å². The van der Waals surface area contributed by atoms with E-state index in [1.807, 2.05) is 24.0 Å². The quantitative estimate of drug-likeness (QED) is 0.837. The standard InChI is InChI=1S/C20H19ClN2O3S/c1-2-13-5-8-15(9-6-13)22-20(24)19-17-4-3-11-23(17)16-10-7-14(21)12-18(16)27(19,25)26/h5-10,12H,2-4,11H2,1H3,(H,22,24). The zero-order chi connectivity index (χ0) is 19.2.